The second kappa shape index (κ2) is 2.76. The van der Waals surface area contributed by atoms with E-state index in [2.05, 4.69) is 12.2 Å². The molecule has 2 aliphatic rings. The van der Waals surface area contributed by atoms with Gasteiger partial charge in [0.1, 0.15) is 0 Å². The van der Waals surface area contributed by atoms with E-state index in [1.54, 1.807) is 0 Å². The summed E-state index contributed by atoms with van der Waals surface area (Å²) in [7, 11) is 0. The SMILES string of the molecule is C[C@H]1CNCC1C(O)C1CC1. The molecule has 1 saturated carbocycles. The molecule has 2 fully saturated rings. The lowest BCUT2D eigenvalue weighted by atomic mass is 9.90. The highest BCUT2D eigenvalue weighted by Gasteiger charge is 2.39. The highest BCUT2D eigenvalue weighted by molar-refractivity contribution is 4.91. The largest absolute Gasteiger partial charge is 0.392 e. The van der Waals surface area contributed by atoms with Crippen molar-refractivity contribution in [3.05, 3.63) is 0 Å². The molecular formula is C9H17NO. The van der Waals surface area contributed by atoms with E-state index in [4.69, 9.17) is 0 Å². The fourth-order valence-corrected chi connectivity index (χ4v) is 2.07. The van der Waals surface area contributed by atoms with Gasteiger partial charge in [0.25, 0.3) is 0 Å². The first-order valence-corrected chi connectivity index (χ1v) is 4.68. The minimum Gasteiger partial charge on any atom is -0.392 e. The minimum absolute atomic E-state index is 0.0139. The molecule has 2 unspecified atom stereocenters. The molecule has 2 heteroatoms. The predicted molar refractivity (Wildman–Crippen MR) is 44.3 cm³/mol. The highest BCUT2D eigenvalue weighted by atomic mass is 16.3. The molecule has 0 aromatic heterocycles. The van der Waals surface area contributed by atoms with E-state index in [1.165, 1.54) is 12.8 Å². The zero-order chi connectivity index (χ0) is 7.84. The van der Waals surface area contributed by atoms with E-state index in [-0.39, 0.29) is 6.10 Å². The predicted octanol–water partition coefficient (Wildman–Crippen LogP) is 0.613. The Bertz CT molecular complexity index is 144. The Balaban J connectivity index is 1.91. The van der Waals surface area contributed by atoms with Gasteiger partial charge >= 0.3 is 0 Å². The summed E-state index contributed by atoms with van der Waals surface area (Å²) in [6.07, 6.45) is 2.49. The first kappa shape index (κ1) is 7.56. The smallest absolute Gasteiger partial charge is 0.0611 e. The fourth-order valence-electron chi connectivity index (χ4n) is 2.07. The molecule has 0 bridgehead atoms. The molecule has 64 valence electrons. The van der Waals surface area contributed by atoms with E-state index in [9.17, 15) is 5.11 Å². The maximum atomic E-state index is 9.82. The van der Waals surface area contributed by atoms with Crippen molar-refractivity contribution in [1.82, 2.24) is 5.32 Å². The second-order valence-corrected chi connectivity index (χ2v) is 4.13. The molecule has 2 rings (SSSR count). The van der Waals surface area contributed by atoms with Crippen LogP contribution < -0.4 is 5.32 Å². The van der Waals surface area contributed by atoms with E-state index >= 15 is 0 Å². The molecule has 3 atom stereocenters. The Hall–Kier alpha value is -0.0800. The van der Waals surface area contributed by atoms with Crippen molar-refractivity contribution in [3.8, 4) is 0 Å². The van der Waals surface area contributed by atoms with Crippen LogP contribution in [-0.2, 0) is 0 Å². The summed E-state index contributed by atoms with van der Waals surface area (Å²) in [5.41, 5.74) is 0. The topological polar surface area (TPSA) is 32.3 Å². The van der Waals surface area contributed by atoms with Crippen LogP contribution in [0.2, 0.25) is 0 Å². The zero-order valence-electron chi connectivity index (χ0n) is 7.09. The quantitative estimate of drug-likeness (QED) is 0.612. The molecule has 0 amide bonds. The van der Waals surface area contributed by atoms with Crippen molar-refractivity contribution in [1.29, 1.82) is 0 Å². The van der Waals surface area contributed by atoms with Crippen molar-refractivity contribution < 1.29 is 5.11 Å². The normalized spacial score (nSPS) is 40.9. The standard InChI is InChI=1S/C9H17NO/c1-6-4-10-5-8(6)9(11)7-2-3-7/h6-11H,2-5H2,1H3/t6-,8?,9?/m0/s1. The maximum Gasteiger partial charge on any atom is 0.0611 e. The van der Waals surface area contributed by atoms with Gasteiger partial charge in [0, 0.05) is 12.5 Å². The number of aliphatic hydroxyl groups is 1. The second-order valence-electron chi connectivity index (χ2n) is 4.13. The van der Waals surface area contributed by atoms with Gasteiger partial charge in [-0.05, 0) is 31.2 Å². The summed E-state index contributed by atoms with van der Waals surface area (Å²) in [6.45, 7) is 4.35. The van der Waals surface area contributed by atoms with Gasteiger partial charge in [-0.2, -0.15) is 0 Å². The third kappa shape index (κ3) is 1.42. The molecule has 11 heavy (non-hydrogen) atoms. The van der Waals surface area contributed by atoms with Gasteiger partial charge in [-0.15, -0.1) is 0 Å². The Morgan fingerprint density at radius 3 is 2.55 bits per heavy atom. The Kier molecular flexibility index (Phi) is 1.90. The lowest BCUT2D eigenvalue weighted by Gasteiger charge is -2.20. The van der Waals surface area contributed by atoms with Gasteiger partial charge in [-0.25, -0.2) is 0 Å². The zero-order valence-corrected chi connectivity index (χ0v) is 7.09. The van der Waals surface area contributed by atoms with Crippen LogP contribution in [0.25, 0.3) is 0 Å². The molecule has 1 heterocycles. The van der Waals surface area contributed by atoms with Crippen LogP contribution in [0.3, 0.4) is 0 Å². The Labute approximate surface area is 68.0 Å². The lowest BCUT2D eigenvalue weighted by molar-refractivity contribution is 0.0778. The monoisotopic (exact) mass is 155 g/mol. The van der Waals surface area contributed by atoms with Crippen LogP contribution in [0.5, 0.6) is 0 Å². The first-order chi connectivity index (χ1) is 5.29. The van der Waals surface area contributed by atoms with Crippen molar-refractivity contribution in [2.75, 3.05) is 13.1 Å². The van der Waals surface area contributed by atoms with Crippen LogP contribution in [0.15, 0.2) is 0 Å². The molecule has 0 radical (unpaired) electrons. The summed E-state index contributed by atoms with van der Waals surface area (Å²) in [5, 5.41) is 13.1. The summed E-state index contributed by atoms with van der Waals surface area (Å²) in [4.78, 5) is 0. The molecule has 1 saturated heterocycles. The lowest BCUT2D eigenvalue weighted by Crippen LogP contribution is -2.27. The molecule has 0 aromatic carbocycles. The Morgan fingerprint density at radius 2 is 2.09 bits per heavy atom. The van der Waals surface area contributed by atoms with E-state index in [1.807, 2.05) is 0 Å². The van der Waals surface area contributed by atoms with E-state index < -0.39 is 0 Å². The number of nitrogens with one attached hydrogen (secondary N) is 1. The molecule has 2 N–H and O–H groups in total. The van der Waals surface area contributed by atoms with Gasteiger partial charge in [0.15, 0.2) is 0 Å². The summed E-state index contributed by atoms with van der Waals surface area (Å²) in [6, 6.07) is 0. The van der Waals surface area contributed by atoms with Gasteiger partial charge in [0.05, 0.1) is 6.10 Å². The number of hydrogen-bond donors (Lipinski definition) is 2. The van der Waals surface area contributed by atoms with E-state index in [0.29, 0.717) is 17.8 Å². The van der Waals surface area contributed by atoms with Crippen LogP contribution >= 0.6 is 0 Å². The van der Waals surface area contributed by atoms with Gasteiger partial charge in [-0.1, -0.05) is 6.92 Å². The molecule has 2 nitrogen and oxygen atoms in total. The third-order valence-corrected chi connectivity index (χ3v) is 3.12. The molecule has 0 spiro atoms. The highest BCUT2D eigenvalue weighted by Crippen LogP contribution is 2.38. The average molecular weight is 155 g/mol. The van der Waals surface area contributed by atoms with E-state index in [0.717, 1.165) is 13.1 Å². The van der Waals surface area contributed by atoms with Crippen molar-refractivity contribution in [2.45, 2.75) is 25.9 Å². The number of rotatable bonds is 2. The maximum absolute atomic E-state index is 9.82. The van der Waals surface area contributed by atoms with Crippen LogP contribution in [-0.4, -0.2) is 24.3 Å². The molecule has 1 aliphatic carbocycles. The number of aliphatic hydroxyl groups excluding tert-OH is 1. The molecule has 1 aliphatic heterocycles. The molecule has 0 aromatic rings. The van der Waals surface area contributed by atoms with Crippen molar-refractivity contribution >= 4 is 0 Å². The van der Waals surface area contributed by atoms with Crippen molar-refractivity contribution in [2.24, 2.45) is 17.8 Å². The van der Waals surface area contributed by atoms with Gasteiger partial charge in [-0.3, -0.25) is 0 Å². The van der Waals surface area contributed by atoms with Crippen molar-refractivity contribution in [3.63, 3.8) is 0 Å². The Morgan fingerprint density at radius 1 is 1.36 bits per heavy atom. The van der Waals surface area contributed by atoms with Crippen LogP contribution in [0.1, 0.15) is 19.8 Å². The minimum atomic E-state index is -0.0139. The summed E-state index contributed by atoms with van der Waals surface area (Å²) in [5.74, 6) is 1.84. The summed E-state index contributed by atoms with van der Waals surface area (Å²) >= 11 is 0. The van der Waals surface area contributed by atoms with Gasteiger partial charge in [0.2, 0.25) is 0 Å². The third-order valence-electron chi connectivity index (χ3n) is 3.12. The van der Waals surface area contributed by atoms with Gasteiger partial charge < -0.3 is 10.4 Å². The number of hydrogen-bond acceptors (Lipinski definition) is 2. The fraction of sp³-hybridized carbons (Fsp3) is 1.00. The molecular weight excluding hydrogens is 138 g/mol. The van der Waals surface area contributed by atoms with Crippen LogP contribution in [0, 0.1) is 17.8 Å². The van der Waals surface area contributed by atoms with Crippen LogP contribution in [0.4, 0.5) is 0 Å². The summed E-state index contributed by atoms with van der Waals surface area (Å²) < 4.78 is 0. The average Bonchev–Trinajstić information content (AvgIpc) is 2.74. The first-order valence-electron chi connectivity index (χ1n) is 4.68.